The van der Waals surface area contributed by atoms with Gasteiger partial charge in [-0.1, -0.05) is 0 Å². The van der Waals surface area contributed by atoms with E-state index < -0.39 is 5.82 Å². The molecular formula is C16H15FN8OS. The smallest absolute Gasteiger partial charge is 0.291 e. The summed E-state index contributed by atoms with van der Waals surface area (Å²) in [5, 5.41) is 18.9. The van der Waals surface area contributed by atoms with Crippen molar-refractivity contribution in [3.05, 3.63) is 51.0 Å². The Morgan fingerprint density at radius 3 is 3.00 bits per heavy atom. The molecule has 4 aromatic heterocycles. The van der Waals surface area contributed by atoms with Gasteiger partial charge in [0.2, 0.25) is 0 Å². The topological polar surface area (TPSA) is 131 Å². The predicted octanol–water partition coefficient (Wildman–Crippen LogP) is 1.29. The maximum atomic E-state index is 13.6. The van der Waals surface area contributed by atoms with E-state index in [0.717, 1.165) is 22.1 Å². The second-order valence-electron chi connectivity index (χ2n) is 5.97. The third kappa shape index (κ3) is 2.81. The first-order valence-electron chi connectivity index (χ1n) is 7.96. The summed E-state index contributed by atoms with van der Waals surface area (Å²) in [6, 6.07) is 0. The molecule has 27 heavy (non-hydrogen) atoms. The van der Waals surface area contributed by atoms with Crippen LogP contribution in [0.4, 0.5) is 4.39 Å². The second-order valence-corrected chi connectivity index (χ2v) is 7.05. The minimum Gasteiger partial charge on any atom is -0.402 e. The molecule has 9 nitrogen and oxygen atoms in total. The number of thiazole rings is 1. The number of hydrogen-bond acceptors (Lipinski definition) is 7. The van der Waals surface area contributed by atoms with Gasteiger partial charge >= 0.3 is 0 Å². The molecule has 0 spiro atoms. The molecular weight excluding hydrogens is 371 g/mol. The molecule has 4 heterocycles. The highest BCUT2D eigenvalue weighted by Gasteiger charge is 2.19. The van der Waals surface area contributed by atoms with Crippen LogP contribution in [-0.2, 0) is 20.0 Å². The van der Waals surface area contributed by atoms with Crippen LogP contribution in [0.5, 0.6) is 0 Å². The molecule has 0 unspecified atom stereocenters. The molecule has 0 bridgehead atoms. The minimum atomic E-state index is -0.515. The average molecular weight is 386 g/mol. The number of hydrogen-bond donors (Lipinski definition) is 3. The lowest BCUT2D eigenvalue weighted by Crippen LogP contribution is -2.25. The first-order valence-corrected chi connectivity index (χ1v) is 8.78. The van der Waals surface area contributed by atoms with Gasteiger partial charge < -0.3 is 15.7 Å². The number of aromatic amines is 1. The number of H-pyrrole nitrogens is 1. The summed E-state index contributed by atoms with van der Waals surface area (Å²) in [6.45, 7) is -0.0386. The van der Waals surface area contributed by atoms with Crippen LogP contribution in [0.3, 0.4) is 0 Å². The van der Waals surface area contributed by atoms with E-state index in [-0.39, 0.29) is 17.8 Å². The molecule has 0 amide bonds. The van der Waals surface area contributed by atoms with E-state index in [9.17, 15) is 9.18 Å². The van der Waals surface area contributed by atoms with Gasteiger partial charge in [0.15, 0.2) is 11.5 Å². The van der Waals surface area contributed by atoms with Crippen LogP contribution < -0.4 is 11.3 Å². The number of fused-ring (bicyclic) bond motifs is 3. The highest BCUT2D eigenvalue weighted by Crippen LogP contribution is 2.31. The van der Waals surface area contributed by atoms with Gasteiger partial charge in [-0.3, -0.25) is 9.89 Å². The predicted molar refractivity (Wildman–Crippen MR) is 101 cm³/mol. The molecule has 4 rings (SSSR count). The first-order chi connectivity index (χ1) is 13.0. The van der Waals surface area contributed by atoms with Crippen molar-refractivity contribution in [1.29, 1.82) is 5.41 Å². The second kappa shape index (κ2) is 6.43. The van der Waals surface area contributed by atoms with E-state index in [1.807, 2.05) is 0 Å². The molecule has 138 valence electrons. The van der Waals surface area contributed by atoms with Crippen LogP contribution in [-0.4, -0.2) is 35.7 Å². The molecule has 0 aliphatic rings. The van der Waals surface area contributed by atoms with Crippen molar-refractivity contribution in [3.8, 4) is 0 Å². The Morgan fingerprint density at radius 1 is 1.48 bits per heavy atom. The van der Waals surface area contributed by atoms with Crippen LogP contribution in [0.2, 0.25) is 0 Å². The summed E-state index contributed by atoms with van der Waals surface area (Å²) in [7, 11) is 1.76. The molecule has 0 aliphatic heterocycles. The number of nitrogens with one attached hydrogen (secondary N) is 2. The van der Waals surface area contributed by atoms with E-state index in [4.69, 9.17) is 11.1 Å². The van der Waals surface area contributed by atoms with Crippen LogP contribution in [0.1, 0.15) is 10.7 Å². The van der Waals surface area contributed by atoms with Crippen molar-refractivity contribution >= 4 is 38.8 Å². The number of allylic oxidation sites excluding steroid dienone is 2. The monoisotopic (exact) mass is 386 g/mol. The normalized spacial score (nSPS) is 12.3. The Bertz CT molecular complexity index is 1260. The van der Waals surface area contributed by atoms with Crippen LogP contribution in [0, 0.1) is 11.2 Å². The SMILES string of the molecule is Cn1c2nc(CC(N)=CC=N)sc2c2cnn(Cc3[nH]ncc3F)c(=O)c21. The molecule has 0 fully saturated rings. The maximum Gasteiger partial charge on any atom is 0.291 e. The number of aromatic nitrogens is 6. The number of halogens is 1. The Labute approximate surface area is 155 Å². The molecule has 0 saturated heterocycles. The Balaban J connectivity index is 1.81. The molecule has 0 atom stereocenters. The van der Waals surface area contributed by atoms with Crippen molar-refractivity contribution in [2.45, 2.75) is 13.0 Å². The molecule has 0 radical (unpaired) electrons. The van der Waals surface area contributed by atoms with Crippen LogP contribution >= 0.6 is 11.3 Å². The van der Waals surface area contributed by atoms with Gasteiger partial charge in [0.1, 0.15) is 10.5 Å². The number of aryl methyl sites for hydroxylation is 1. The molecule has 4 aromatic rings. The zero-order valence-electron chi connectivity index (χ0n) is 14.2. The summed E-state index contributed by atoms with van der Waals surface area (Å²) < 4.78 is 17.3. The highest BCUT2D eigenvalue weighted by atomic mass is 32.1. The average Bonchev–Trinajstić information content (AvgIpc) is 3.28. The van der Waals surface area contributed by atoms with Crippen LogP contribution in [0.25, 0.3) is 21.3 Å². The van der Waals surface area contributed by atoms with E-state index in [1.54, 1.807) is 17.8 Å². The largest absolute Gasteiger partial charge is 0.402 e. The van der Waals surface area contributed by atoms with Gasteiger partial charge in [-0.05, 0) is 6.08 Å². The maximum absolute atomic E-state index is 13.6. The standard InChI is InChI=1S/C16H15FN8OS/c1-24-13-9(14-15(24)22-12(27-14)4-8(19)2-3-18)5-21-25(16(13)26)7-11-10(17)6-20-23-11/h2-3,5-6,18H,4,7,19H2,1H3,(H,20,23). The fourth-order valence-corrected chi connectivity index (χ4v) is 4.06. The van der Waals surface area contributed by atoms with Crippen LogP contribution in [0.15, 0.2) is 29.0 Å². The summed E-state index contributed by atoms with van der Waals surface area (Å²) >= 11 is 1.43. The fourth-order valence-electron chi connectivity index (χ4n) is 2.92. The van der Waals surface area contributed by atoms with Crippen molar-refractivity contribution < 1.29 is 4.39 Å². The summed E-state index contributed by atoms with van der Waals surface area (Å²) in [6.07, 6.45) is 5.72. The van der Waals surface area contributed by atoms with E-state index in [1.165, 1.54) is 22.1 Å². The molecule has 0 aliphatic carbocycles. The van der Waals surface area contributed by atoms with Crippen molar-refractivity contribution in [2.75, 3.05) is 0 Å². The lowest BCUT2D eigenvalue weighted by Gasteiger charge is -2.04. The third-order valence-electron chi connectivity index (χ3n) is 4.20. The number of rotatable bonds is 5. The lowest BCUT2D eigenvalue weighted by atomic mass is 10.3. The zero-order valence-corrected chi connectivity index (χ0v) is 15.0. The minimum absolute atomic E-state index is 0.0386. The first kappa shape index (κ1) is 17.1. The van der Waals surface area contributed by atoms with Gasteiger partial charge in [-0.15, -0.1) is 11.3 Å². The summed E-state index contributed by atoms with van der Waals surface area (Å²) in [5.41, 5.74) is 7.35. The van der Waals surface area contributed by atoms with Crippen molar-refractivity contribution in [2.24, 2.45) is 12.8 Å². The van der Waals surface area contributed by atoms with Gasteiger partial charge in [0.05, 0.1) is 29.3 Å². The Hall–Kier alpha value is -3.34. The summed E-state index contributed by atoms with van der Waals surface area (Å²) in [4.78, 5) is 17.4. The molecule has 4 N–H and O–H groups in total. The fraction of sp³-hybridized carbons (Fsp3) is 0.188. The highest BCUT2D eigenvalue weighted by molar-refractivity contribution is 7.19. The van der Waals surface area contributed by atoms with E-state index in [0.29, 0.717) is 28.7 Å². The van der Waals surface area contributed by atoms with Crippen molar-refractivity contribution in [3.63, 3.8) is 0 Å². The molecule has 11 heteroatoms. The lowest BCUT2D eigenvalue weighted by molar-refractivity contribution is 0.570. The van der Waals surface area contributed by atoms with Gasteiger partial charge in [0, 0.05) is 30.8 Å². The van der Waals surface area contributed by atoms with Gasteiger partial charge in [-0.2, -0.15) is 10.2 Å². The number of nitrogens with zero attached hydrogens (tertiary/aromatic N) is 5. The third-order valence-corrected chi connectivity index (χ3v) is 5.27. The van der Waals surface area contributed by atoms with E-state index >= 15 is 0 Å². The summed E-state index contributed by atoms with van der Waals surface area (Å²) in [5.74, 6) is -0.515. The Morgan fingerprint density at radius 2 is 2.30 bits per heavy atom. The molecule has 0 aromatic carbocycles. The molecule has 0 saturated carbocycles. The number of nitrogens with two attached hydrogens (primary N) is 1. The van der Waals surface area contributed by atoms with E-state index in [2.05, 4.69) is 20.3 Å². The quantitative estimate of drug-likeness (QED) is 0.445. The van der Waals surface area contributed by atoms with Gasteiger partial charge in [-0.25, -0.2) is 14.1 Å². The van der Waals surface area contributed by atoms with Gasteiger partial charge in [0.25, 0.3) is 5.56 Å². The Kier molecular flexibility index (Phi) is 4.07. The van der Waals surface area contributed by atoms with Crippen molar-refractivity contribution in [1.82, 2.24) is 29.5 Å². The zero-order chi connectivity index (χ0) is 19.1.